The highest BCUT2D eigenvalue weighted by Gasteiger charge is 2.46. The molecular formula is C6H10O2. The highest BCUT2D eigenvalue weighted by molar-refractivity contribution is 4.94. The van der Waals surface area contributed by atoms with Crippen molar-refractivity contribution in [3.63, 3.8) is 0 Å². The Morgan fingerprint density at radius 3 is 2.88 bits per heavy atom. The summed E-state index contributed by atoms with van der Waals surface area (Å²) in [5, 5.41) is 9.09. The molecule has 2 heteroatoms. The van der Waals surface area contributed by atoms with Crippen LogP contribution in [-0.2, 0) is 4.74 Å². The number of aliphatic hydroxyl groups is 1. The molecule has 2 fully saturated rings. The van der Waals surface area contributed by atoms with Gasteiger partial charge in [-0.05, 0) is 19.3 Å². The predicted octanol–water partition coefficient (Wildman–Crippen LogP) is 0.299. The largest absolute Gasteiger partial charge is 0.390 e. The molecule has 8 heavy (non-hydrogen) atoms. The zero-order valence-corrected chi connectivity index (χ0v) is 4.71. The third-order valence-electron chi connectivity index (χ3n) is 1.99. The van der Waals surface area contributed by atoms with Crippen molar-refractivity contribution in [3.05, 3.63) is 0 Å². The molecule has 2 nitrogen and oxygen atoms in total. The van der Waals surface area contributed by atoms with Crippen LogP contribution >= 0.6 is 0 Å². The lowest BCUT2D eigenvalue weighted by Gasteiger charge is -2.10. The van der Waals surface area contributed by atoms with E-state index in [1.165, 1.54) is 6.42 Å². The molecule has 0 bridgehead atoms. The summed E-state index contributed by atoms with van der Waals surface area (Å²) >= 11 is 0. The first-order chi connectivity index (χ1) is 3.88. The molecule has 1 aliphatic carbocycles. The SMILES string of the molecule is OC1CCCC2OC12. The van der Waals surface area contributed by atoms with Crippen LogP contribution in [0, 0.1) is 0 Å². The van der Waals surface area contributed by atoms with E-state index >= 15 is 0 Å². The van der Waals surface area contributed by atoms with E-state index in [2.05, 4.69) is 0 Å². The lowest BCUT2D eigenvalue weighted by molar-refractivity contribution is 0.124. The molecule has 0 aromatic heterocycles. The summed E-state index contributed by atoms with van der Waals surface area (Å²) in [7, 11) is 0. The Kier molecular flexibility index (Phi) is 0.866. The van der Waals surface area contributed by atoms with Crippen LogP contribution in [0.3, 0.4) is 0 Å². The maximum atomic E-state index is 9.09. The molecule has 3 atom stereocenters. The first-order valence-electron chi connectivity index (χ1n) is 3.21. The van der Waals surface area contributed by atoms with E-state index in [1.54, 1.807) is 0 Å². The molecule has 1 N–H and O–H groups in total. The van der Waals surface area contributed by atoms with Crippen molar-refractivity contribution in [1.29, 1.82) is 0 Å². The molecule has 2 rings (SSSR count). The molecule has 46 valence electrons. The van der Waals surface area contributed by atoms with Crippen molar-refractivity contribution in [3.8, 4) is 0 Å². The van der Waals surface area contributed by atoms with Crippen molar-refractivity contribution < 1.29 is 9.84 Å². The Balaban J connectivity index is 1.99. The van der Waals surface area contributed by atoms with Gasteiger partial charge in [-0.25, -0.2) is 0 Å². The van der Waals surface area contributed by atoms with Gasteiger partial charge in [0.1, 0.15) is 6.10 Å². The standard InChI is InChI=1S/C6H10O2/c7-4-2-1-3-5-6(4)8-5/h4-7H,1-3H2. The van der Waals surface area contributed by atoms with Crippen molar-refractivity contribution in [2.75, 3.05) is 0 Å². The summed E-state index contributed by atoms with van der Waals surface area (Å²) < 4.78 is 5.14. The van der Waals surface area contributed by atoms with Crippen LogP contribution in [0.5, 0.6) is 0 Å². The normalized spacial score (nSPS) is 52.9. The Labute approximate surface area is 48.5 Å². The van der Waals surface area contributed by atoms with Gasteiger partial charge in [0.05, 0.1) is 12.2 Å². The Hall–Kier alpha value is -0.0800. The van der Waals surface area contributed by atoms with Gasteiger partial charge in [-0.3, -0.25) is 0 Å². The van der Waals surface area contributed by atoms with Crippen LogP contribution in [-0.4, -0.2) is 23.4 Å². The smallest absolute Gasteiger partial charge is 0.110 e. The monoisotopic (exact) mass is 114 g/mol. The van der Waals surface area contributed by atoms with Gasteiger partial charge in [-0.1, -0.05) is 0 Å². The summed E-state index contributed by atoms with van der Waals surface area (Å²) in [5.74, 6) is 0. The van der Waals surface area contributed by atoms with E-state index in [9.17, 15) is 0 Å². The fourth-order valence-electron chi connectivity index (χ4n) is 1.42. The minimum absolute atomic E-state index is 0.145. The fraction of sp³-hybridized carbons (Fsp3) is 1.00. The van der Waals surface area contributed by atoms with E-state index in [4.69, 9.17) is 9.84 Å². The number of rotatable bonds is 0. The second-order valence-corrected chi connectivity index (χ2v) is 2.64. The molecule has 0 aromatic rings. The van der Waals surface area contributed by atoms with E-state index in [0.29, 0.717) is 6.10 Å². The molecule has 3 unspecified atom stereocenters. The molecule has 1 aliphatic heterocycles. The summed E-state index contributed by atoms with van der Waals surface area (Å²) in [5.41, 5.74) is 0. The van der Waals surface area contributed by atoms with E-state index in [-0.39, 0.29) is 12.2 Å². The Bertz CT molecular complexity index is 103. The highest BCUT2D eigenvalue weighted by Crippen LogP contribution is 2.36. The number of aliphatic hydroxyl groups excluding tert-OH is 1. The highest BCUT2D eigenvalue weighted by atomic mass is 16.6. The molecule has 1 saturated heterocycles. The molecule has 2 aliphatic rings. The number of ether oxygens (including phenoxy) is 1. The van der Waals surface area contributed by atoms with E-state index in [0.717, 1.165) is 12.8 Å². The minimum Gasteiger partial charge on any atom is -0.390 e. The van der Waals surface area contributed by atoms with Gasteiger partial charge in [0.2, 0.25) is 0 Å². The fourth-order valence-corrected chi connectivity index (χ4v) is 1.42. The van der Waals surface area contributed by atoms with Crippen LogP contribution < -0.4 is 0 Å². The van der Waals surface area contributed by atoms with Gasteiger partial charge >= 0.3 is 0 Å². The van der Waals surface area contributed by atoms with Gasteiger partial charge in [0.25, 0.3) is 0 Å². The van der Waals surface area contributed by atoms with Crippen LogP contribution in [0.25, 0.3) is 0 Å². The third-order valence-corrected chi connectivity index (χ3v) is 1.99. The van der Waals surface area contributed by atoms with Crippen LogP contribution in [0.2, 0.25) is 0 Å². The average Bonchev–Trinajstić information content (AvgIpc) is 2.45. The molecule has 0 spiro atoms. The van der Waals surface area contributed by atoms with Gasteiger partial charge in [-0.15, -0.1) is 0 Å². The molecule has 1 saturated carbocycles. The second kappa shape index (κ2) is 1.45. The maximum Gasteiger partial charge on any atom is 0.110 e. The minimum atomic E-state index is -0.145. The predicted molar refractivity (Wildman–Crippen MR) is 28.5 cm³/mol. The lowest BCUT2D eigenvalue weighted by Crippen LogP contribution is -2.20. The summed E-state index contributed by atoms with van der Waals surface area (Å²) in [6.07, 6.45) is 3.77. The molecule has 0 amide bonds. The third kappa shape index (κ3) is 0.565. The second-order valence-electron chi connectivity index (χ2n) is 2.64. The summed E-state index contributed by atoms with van der Waals surface area (Å²) in [6, 6.07) is 0. The van der Waals surface area contributed by atoms with Crippen molar-refractivity contribution in [1.82, 2.24) is 0 Å². The summed E-state index contributed by atoms with van der Waals surface area (Å²) in [6.45, 7) is 0. The number of epoxide rings is 1. The van der Waals surface area contributed by atoms with Gasteiger partial charge < -0.3 is 9.84 Å². The number of fused-ring (bicyclic) bond motifs is 1. The van der Waals surface area contributed by atoms with Gasteiger partial charge in [0, 0.05) is 0 Å². The van der Waals surface area contributed by atoms with E-state index in [1.807, 2.05) is 0 Å². The van der Waals surface area contributed by atoms with Gasteiger partial charge in [0.15, 0.2) is 0 Å². The van der Waals surface area contributed by atoms with Crippen LogP contribution in [0.1, 0.15) is 19.3 Å². The van der Waals surface area contributed by atoms with Crippen molar-refractivity contribution in [2.45, 2.75) is 37.6 Å². The molecular weight excluding hydrogens is 104 g/mol. The molecule has 0 aromatic carbocycles. The van der Waals surface area contributed by atoms with Crippen molar-refractivity contribution >= 4 is 0 Å². The van der Waals surface area contributed by atoms with Crippen molar-refractivity contribution in [2.24, 2.45) is 0 Å². The van der Waals surface area contributed by atoms with Gasteiger partial charge in [-0.2, -0.15) is 0 Å². The zero-order chi connectivity index (χ0) is 5.56. The summed E-state index contributed by atoms with van der Waals surface area (Å²) in [4.78, 5) is 0. The first kappa shape index (κ1) is 4.77. The quantitative estimate of drug-likeness (QED) is 0.459. The number of hydrogen-bond acceptors (Lipinski definition) is 2. The van der Waals surface area contributed by atoms with E-state index < -0.39 is 0 Å². The topological polar surface area (TPSA) is 32.8 Å². The molecule has 0 radical (unpaired) electrons. The Morgan fingerprint density at radius 1 is 1.38 bits per heavy atom. The lowest BCUT2D eigenvalue weighted by atomic mass is 9.98. The maximum absolute atomic E-state index is 9.09. The Morgan fingerprint density at radius 2 is 2.25 bits per heavy atom. The molecule has 1 heterocycles. The average molecular weight is 114 g/mol. The van der Waals surface area contributed by atoms with Crippen LogP contribution in [0.15, 0.2) is 0 Å². The first-order valence-corrected chi connectivity index (χ1v) is 3.21. The zero-order valence-electron chi connectivity index (χ0n) is 4.71. The van der Waals surface area contributed by atoms with Crippen LogP contribution in [0.4, 0.5) is 0 Å². The number of hydrogen-bond donors (Lipinski definition) is 1.